The molecule has 0 spiro atoms. The first-order valence-corrected chi connectivity index (χ1v) is 11.6. The standard InChI is InChI=1S/C24H21ClN4O4S/c1-15(13-20-3-2-12-32-20)26-22(30)16-4-8-18(9-5-16)27-23(31)24-29-28-21(34-24)14-33-19-10-6-17(25)7-11-19/h2-12,15H,13-14H2,1H3,(H,26,30)(H,27,31). The topological polar surface area (TPSA) is 106 Å². The molecular formula is C24H21ClN4O4S. The number of nitrogens with one attached hydrogen (secondary N) is 2. The smallest absolute Gasteiger partial charge is 0.286 e. The van der Waals surface area contributed by atoms with Crippen LogP contribution in [0.1, 0.15) is 37.9 Å². The van der Waals surface area contributed by atoms with Crippen LogP contribution in [0.15, 0.2) is 71.3 Å². The Morgan fingerprint density at radius 2 is 1.82 bits per heavy atom. The van der Waals surface area contributed by atoms with Crippen LogP contribution in [0.5, 0.6) is 5.75 Å². The van der Waals surface area contributed by atoms with Crippen LogP contribution in [0.2, 0.25) is 5.02 Å². The van der Waals surface area contributed by atoms with Crippen molar-refractivity contribution in [3.8, 4) is 5.75 Å². The summed E-state index contributed by atoms with van der Waals surface area (Å²) in [5, 5.41) is 15.0. The van der Waals surface area contributed by atoms with Crippen molar-refractivity contribution in [2.24, 2.45) is 0 Å². The van der Waals surface area contributed by atoms with Gasteiger partial charge >= 0.3 is 0 Å². The molecule has 0 radical (unpaired) electrons. The maximum absolute atomic E-state index is 12.5. The molecule has 2 amide bonds. The van der Waals surface area contributed by atoms with Gasteiger partial charge in [-0.25, -0.2) is 0 Å². The first-order chi connectivity index (χ1) is 16.5. The van der Waals surface area contributed by atoms with Crippen molar-refractivity contribution in [3.63, 3.8) is 0 Å². The second-order valence-electron chi connectivity index (χ2n) is 7.43. The van der Waals surface area contributed by atoms with Crippen molar-refractivity contribution < 1.29 is 18.7 Å². The van der Waals surface area contributed by atoms with Crippen LogP contribution in [-0.2, 0) is 13.0 Å². The van der Waals surface area contributed by atoms with Gasteiger partial charge < -0.3 is 19.8 Å². The van der Waals surface area contributed by atoms with Gasteiger partial charge in [-0.05, 0) is 67.6 Å². The highest BCUT2D eigenvalue weighted by molar-refractivity contribution is 7.13. The van der Waals surface area contributed by atoms with Gasteiger partial charge in [0.25, 0.3) is 11.8 Å². The molecule has 2 aromatic heterocycles. The number of ether oxygens (including phenoxy) is 1. The Bertz CT molecular complexity index is 1240. The third-order valence-corrected chi connectivity index (χ3v) is 5.85. The summed E-state index contributed by atoms with van der Waals surface area (Å²) in [6, 6.07) is 17.2. The molecule has 4 aromatic rings. The van der Waals surface area contributed by atoms with Gasteiger partial charge in [0.2, 0.25) is 5.01 Å². The fourth-order valence-corrected chi connectivity index (χ4v) is 3.83. The molecule has 1 atom stereocenters. The Morgan fingerprint density at radius 1 is 1.06 bits per heavy atom. The van der Waals surface area contributed by atoms with Gasteiger partial charge in [0.1, 0.15) is 18.1 Å². The molecule has 174 valence electrons. The van der Waals surface area contributed by atoms with Gasteiger partial charge in [0, 0.05) is 28.7 Å². The lowest BCUT2D eigenvalue weighted by molar-refractivity contribution is 0.0938. The zero-order valence-corrected chi connectivity index (χ0v) is 19.7. The fourth-order valence-electron chi connectivity index (χ4n) is 3.06. The summed E-state index contributed by atoms with van der Waals surface area (Å²) in [5.41, 5.74) is 1.03. The third kappa shape index (κ3) is 6.43. The summed E-state index contributed by atoms with van der Waals surface area (Å²) in [4.78, 5) is 25.0. The molecule has 0 saturated heterocycles. The quantitative estimate of drug-likeness (QED) is 0.338. The zero-order valence-electron chi connectivity index (χ0n) is 18.2. The Labute approximate surface area is 204 Å². The summed E-state index contributed by atoms with van der Waals surface area (Å²) >= 11 is 7.00. The molecule has 0 aliphatic rings. The maximum Gasteiger partial charge on any atom is 0.286 e. The van der Waals surface area contributed by atoms with Crippen molar-refractivity contribution in [2.45, 2.75) is 26.0 Å². The Kier molecular flexibility index (Phi) is 7.56. The highest BCUT2D eigenvalue weighted by Gasteiger charge is 2.15. The summed E-state index contributed by atoms with van der Waals surface area (Å²) in [7, 11) is 0. The van der Waals surface area contributed by atoms with E-state index >= 15 is 0 Å². The number of carbonyl (C=O) groups is 2. The Balaban J connectivity index is 1.27. The van der Waals surface area contributed by atoms with Crippen LogP contribution in [-0.4, -0.2) is 28.1 Å². The lowest BCUT2D eigenvalue weighted by atomic mass is 10.1. The van der Waals surface area contributed by atoms with Crippen LogP contribution in [0.25, 0.3) is 0 Å². The largest absolute Gasteiger partial charge is 0.486 e. The van der Waals surface area contributed by atoms with Gasteiger partial charge in [-0.1, -0.05) is 22.9 Å². The fraction of sp³-hybridized carbons (Fsp3) is 0.167. The molecule has 0 saturated carbocycles. The van der Waals surface area contributed by atoms with E-state index in [1.807, 2.05) is 19.1 Å². The highest BCUT2D eigenvalue weighted by Crippen LogP contribution is 2.19. The van der Waals surface area contributed by atoms with Crippen LogP contribution < -0.4 is 15.4 Å². The van der Waals surface area contributed by atoms with Crippen LogP contribution in [0.3, 0.4) is 0 Å². The lowest BCUT2D eigenvalue weighted by Crippen LogP contribution is -2.33. The summed E-state index contributed by atoms with van der Waals surface area (Å²) in [5.74, 6) is 0.859. The second kappa shape index (κ2) is 11.0. The molecule has 2 aromatic carbocycles. The predicted octanol–water partition coefficient (Wildman–Crippen LogP) is 4.98. The molecule has 2 heterocycles. The van der Waals surface area contributed by atoms with E-state index in [4.69, 9.17) is 20.8 Å². The van der Waals surface area contributed by atoms with Crippen LogP contribution in [0.4, 0.5) is 5.69 Å². The molecule has 8 nitrogen and oxygen atoms in total. The van der Waals surface area contributed by atoms with Gasteiger partial charge in [-0.15, -0.1) is 10.2 Å². The number of anilines is 1. The predicted molar refractivity (Wildman–Crippen MR) is 129 cm³/mol. The van der Waals surface area contributed by atoms with E-state index in [0.717, 1.165) is 17.1 Å². The molecule has 4 rings (SSSR count). The number of hydrogen-bond donors (Lipinski definition) is 2. The van der Waals surface area contributed by atoms with E-state index in [-0.39, 0.29) is 29.5 Å². The number of benzene rings is 2. The van der Waals surface area contributed by atoms with E-state index < -0.39 is 0 Å². The van der Waals surface area contributed by atoms with Gasteiger partial charge in [0.05, 0.1) is 6.26 Å². The van der Waals surface area contributed by atoms with Crippen molar-refractivity contribution in [3.05, 3.63) is 93.3 Å². The average molecular weight is 497 g/mol. The number of hydrogen-bond acceptors (Lipinski definition) is 7. The normalized spacial score (nSPS) is 11.6. The highest BCUT2D eigenvalue weighted by atomic mass is 35.5. The summed E-state index contributed by atoms with van der Waals surface area (Å²) in [6.45, 7) is 2.10. The number of rotatable bonds is 9. The maximum atomic E-state index is 12.5. The molecule has 0 aliphatic heterocycles. The number of halogens is 1. The molecule has 34 heavy (non-hydrogen) atoms. The summed E-state index contributed by atoms with van der Waals surface area (Å²) < 4.78 is 10.9. The minimum Gasteiger partial charge on any atom is -0.486 e. The zero-order chi connectivity index (χ0) is 23.9. The number of amides is 2. The monoisotopic (exact) mass is 496 g/mol. The Hall–Kier alpha value is -3.69. The summed E-state index contributed by atoms with van der Waals surface area (Å²) in [6.07, 6.45) is 2.20. The molecule has 10 heteroatoms. The van der Waals surface area contributed by atoms with Gasteiger partial charge in [-0.2, -0.15) is 0 Å². The Morgan fingerprint density at radius 3 is 2.53 bits per heavy atom. The molecule has 0 bridgehead atoms. The lowest BCUT2D eigenvalue weighted by Gasteiger charge is -2.13. The van der Waals surface area contributed by atoms with E-state index in [1.54, 1.807) is 54.8 Å². The van der Waals surface area contributed by atoms with Gasteiger partial charge in [-0.3, -0.25) is 9.59 Å². The number of nitrogens with zero attached hydrogens (tertiary/aromatic N) is 2. The second-order valence-corrected chi connectivity index (χ2v) is 8.93. The molecular weight excluding hydrogens is 476 g/mol. The molecule has 0 fully saturated rings. The van der Waals surface area contributed by atoms with E-state index in [0.29, 0.717) is 33.5 Å². The number of aromatic nitrogens is 2. The molecule has 0 aliphatic carbocycles. The number of furan rings is 1. The average Bonchev–Trinajstić information content (AvgIpc) is 3.51. The number of carbonyl (C=O) groups excluding carboxylic acids is 2. The van der Waals surface area contributed by atoms with Crippen LogP contribution >= 0.6 is 22.9 Å². The van der Waals surface area contributed by atoms with Crippen molar-refractivity contribution in [1.82, 2.24) is 15.5 Å². The first kappa shape index (κ1) is 23.5. The van der Waals surface area contributed by atoms with E-state index in [1.165, 1.54) is 0 Å². The first-order valence-electron chi connectivity index (χ1n) is 10.4. The van der Waals surface area contributed by atoms with Crippen molar-refractivity contribution >= 4 is 40.4 Å². The third-order valence-electron chi connectivity index (χ3n) is 4.71. The van der Waals surface area contributed by atoms with Crippen molar-refractivity contribution in [2.75, 3.05) is 5.32 Å². The van der Waals surface area contributed by atoms with E-state index in [9.17, 15) is 9.59 Å². The molecule has 2 N–H and O–H groups in total. The molecule has 1 unspecified atom stereocenters. The van der Waals surface area contributed by atoms with Crippen LogP contribution in [0, 0.1) is 0 Å². The van der Waals surface area contributed by atoms with Crippen molar-refractivity contribution in [1.29, 1.82) is 0 Å². The minimum absolute atomic E-state index is 0.0895. The SMILES string of the molecule is CC(Cc1ccco1)NC(=O)c1ccc(NC(=O)c2nnc(COc3ccc(Cl)cc3)s2)cc1. The van der Waals surface area contributed by atoms with Gasteiger partial charge in [0.15, 0.2) is 5.01 Å². The van der Waals surface area contributed by atoms with E-state index in [2.05, 4.69) is 20.8 Å². The minimum atomic E-state index is -0.389.